The molecule has 0 aliphatic carbocycles. The van der Waals surface area contributed by atoms with E-state index in [2.05, 4.69) is 20.9 Å². The normalized spacial score (nSPS) is 10.8. The van der Waals surface area contributed by atoms with Crippen molar-refractivity contribution in [3.63, 3.8) is 0 Å². The van der Waals surface area contributed by atoms with Gasteiger partial charge in [0.15, 0.2) is 5.78 Å². The lowest BCUT2D eigenvalue weighted by atomic mass is 10.1. The molecule has 0 saturated heterocycles. The summed E-state index contributed by atoms with van der Waals surface area (Å²) < 4.78 is 2.99. The van der Waals surface area contributed by atoms with Gasteiger partial charge in [0.2, 0.25) is 0 Å². The van der Waals surface area contributed by atoms with Gasteiger partial charge in [-0.05, 0) is 43.3 Å². The molecule has 19 heavy (non-hydrogen) atoms. The van der Waals surface area contributed by atoms with E-state index in [0.29, 0.717) is 5.56 Å². The molecule has 0 bridgehead atoms. The Morgan fingerprint density at radius 2 is 2.05 bits per heavy atom. The maximum atomic E-state index is 11.5. The Kier molecular flexibility index (Phi) is 2.95. The maximum Gasteiger partial charge on any atom is 0.159 e. The number of imidazole rings is 1. The fourth-order valence-electron chi connectivity index (χ4n) is 2.06. The van der Waals surface area contributed by atoms with Crippen molar-refractivity contribution in [1.82, 2.24) is 9.55 Å². The molecule has 3 rings (SSSR count). The summed E-state index contributed by atoms with van der Waals surface area (Å²) in [6.07, 6.45) is 1.77. The van der Waals surface area contributed by atoms with Gasteiger partial charge in [0, 0.05) is 15.7 Å². The molecule has 0 fully saturated rings. The number of fused-ring (bicyclic) bond motifs is 1. The van der Waals surface area contributed by atoms with Gasteiger partial charge in [-0.25, -0.2) is 4.98 Å². The number of carbonyl (C=O) groups excluding carboxylic acids is 1. The van der Waals surface area contributed by atoms with Crippen molar-refractivity contribution in [1.29, 1.82) is 0 Å². The van der Waals surface area contributed by atoms with Crippen LogP contribution < -0.4 is 0 Å². The highest BCUT2D eigenvalue weighted by atomic mass is 79.9. The molecule has 0 atom stereocenters. The van der Waals surface area contributed by atoms with Crippen LogP contribution in [0.4, 0.5) is 0 Å². The van der Waals surface area contributed by atoms with Crippen LogP contribution in [0.1, 0.15) is 17.3 Å². The third-order valence-corrected chi connectivity index (χ3v) is 3.53. The Hall–Kier alpha value is -1.94. The minimum atomic E-state index is 0.0592. The second-order valence-electron chi connectivity index (χ2n) is 4.35. The van der Waals surface area contributed by atoms with Gasteiger partial charge in [0.05, 0.1) is 11.0 Å². The molecular weight excluding hydrogens is 304 g/mol. The minimum Gasteiger partial charge on any atom is -0.299 e. The first-order valence-corrected chi connectivity index (χ1v) is 6.68. The van der Waals surface area contributed by atoms with Crippen molar-refractivity contribution in [2.75, 3.05) is 0 Å². The smallest absolute Gasteiger partial charge is 0.159 e. The standard InChI is InChI=1S/C15H11BrN2O/c1-10(19)11-5-6-14-15(7-11)18(9-17-14)13-4-2-3-12(16)8-13/h2-9H,1H3. The molecule has 3 aromatic rings. The average Bonchev–Trinajstić information content (AvgIpc) is 2.81. The molecule has 4 heteroatoms. The van der Waals surface area contributed by atoms with E-state index in [1.54, 1.807) is 13.3 Å². The molecule has 0 radical (unpaired) electrons. The summed E-state index contributed by atoms with van der Waals surface area (Å²) in [5.74, 6) is 0.0592. The summed E-state index contributed by atoms with van der Waals surface area (Å²) in [6, 6.07) is 13.5. The maximum absolute atomic E-state index is 11.5. The van der Waals surface area contributed by atoms with E-state index in [0.717, 1.165) is 21.2 Å². The quantitative estimate of drug-likeness (QED) is 0.670. The summed E-state index contributed by atoms with van der Waals surface area (Å²) in [7, 11) is 0. The van der Waals surface area contributed by atoms with E-state index in [1.807, 2.05) is 47.0 Å². The first-order valence-electron chi connectivity index (χ1n) is 5.89. The van der Waals surface area contributed by atoms with E-state index in [4.69, 9.17) is 0 Å². The molecule has 0 unspecified atom stereocenters. The largest absolute Gasteiger partial charge is 0.299 e. The second-order valence-corrected chi connectivity index (χ2v) is 5.27. The molecular formula is C15H11BrN2O. The summed E-state index contributed by atoms with van der Waals surface area (Å²) in [6.45, 7) is 1.57. The number of Topliss-reactive ketones (excluding diaryl/α,β-unsaturated/α-hetero) is 1. The minimum absolute atomic E-state index is 0.0592. The summed E-state index contributed by atoms with van der Waals surface area (Å²) in [5, 5.41) is 0. The van der Waals surface area contributed by atoms with Crippen LogP contribution in [-0.4, -0.2) is 15.3 Å². The van der Waals surface area contributed by atoms with Crippen LogP contribution in [0.5, 0.6) is 0 Å². The summed E-state index contributed by atoms with van der Waals surface area (Å²) in [4.78, 5) is 15.8. The third kappa shape index (κ3) is 2.19. The predicted molar refractivity (Wildman–Crippen MR) is 78.8 cm³/mol. The Morgan fingerprint density at radius 3 is 2.79 bits per heavy atom. The number of benzene rings is 2. The van der Waals surface area contributed by atoms with Gasteiger partial charge in [-0.2, -0.15) is 0 Å². The van der Waals surface area contributed by atoms with E-state index in [1.165, 1.54) is 0 Å². The number of rotatable bonds is 2. The molecule has 0 aliphatic rings. The lowest BCUT2D eigenvalue weighted by Crippen LogP contribution is -1.95. The number of carbonyl (C=O) groups is 1. The van der Waals surface area contributed by atoms with Crippen LogP contribution in [0.2, 0.25) is 0 Å². The number of aromatic nitrogens is 2. The zero-order valence-electron chi connectivity index (χ0n) is 10.3. The molecule has 3 nitrogen and oxygen atoms in total. The van der Waals surface area contributed by atoms with E-state index in [-0.39, 0.29) is 5.78 Å². The fourth-order valence-corrected chi connectivity index (χ4v) is 2.45. The van der Waals surface area contributed by atoms with Crippen LogP contribution in [0, 0.1) is 0 Å². The van der Waals surface area contributed by atoms with Crippen molar-refractivity contribution < 1.29 is 4.79 Å². The highest BCUT2D eigenvalue weighted by Gasteiger charge is 2.07. The van der Waals surface area contributed by atoms with Crippen LogP contribution >= 0.6 is 15.9 Å². The lowest BCUT2D eigenvalue weighted by Gasteiger charge is -2.05. The van der Waals surface area contributed by atoms with Crippen molar-refractivity contribution in [3.05, 3.63) is 58.8 Å². The molecule has 94 valence electrons. The van der Waals surface area contributed by atoms with Crippen LogP contribution in [-0.2, 0) is 0 Å². The number of ketones is 1. The Balaban J connectivity index is 2.24. The van der Waals surface area contributed by atoms with Gasteiger partial charge < -0.3 is 0 Å². The van der Waals surface area contributed by atoms with Gasteiger partial charge in [-0.3, -0.25) is 9.36 Å². The molecule has 0 aliphatic heterocycles. The van der Waals surface area contributed by atoms with E-state index >= 15 is 0 Å². The molecule has 0 saturated carbocycles. The zero-order chi connectivity index (χ0) is 13.4. The lowest BCUT2D eigenvalue weighted by molar-refractivity contribution is 0.101. The third-order valence-electron chi connectivity index (χ3n) is 3.04. The van der Waals surface area contributed by atoms with E-state index < -0.39 is 0 Å². The highest BCUT2D eigenvalue weighted by molar-refractivity contribution is 9.10. The van der Waals surface area contributed by atoms with Crippen LogP contribution in [0.15, 0.2) is 53.3 Å². The first kappa shape index (κ1) is 12.1. The van der Waals surface area contributed by atoms with E-state index in [9.17, 15) is 4.79 Å². The number of nitrogens with zero attached hydrogens (tertiary/aromatic N) is 2. The summed E-state index contributed by atoms with van der Waals surface area (Å²) in [5.41, 5.74) is 3.53. The van der Waals surface area contributed by atoms with Crippen molar-refractivity contribution in [2.45, 2.75) is 6.92 Å². The van der Waals surface area contributed by atoms with Crippen LogP contribution in [0.3, 0.4) is 0 Å². The Morgan fingerprint density at radius 1 is 1.21 bits per heavy atom. The van der Waals surface area contributed by atoms with Gasteiger partial charge >= 0.3 is 0 Å². The van der Waals surface area contributed by atoms with Gasteiger partial charge in [0.1, 0.15) is 6.33 Å². The highest BCUT2D eigenvalue weighted by Crippen LogP contribution is 2.22. The zero-order valence-corrected chi connectivity index (χ0v) is 11.9. The second kappa shape index (κ2) is 4.63. The number of hydrogen-bond acceptors (Lipinski definition) is 2. The molecule has 0 N–H and O–H groups in total. The number of hydrogen-bond donors (Lipinski definition) is 0. The van der Waals surface area contributed by atoms with Crippen LogP contribution in [0.25, 0.3) is 16.7 Å². The molecule has 1 aromatic heterocycles. The monoisotopic (exact) mass is 314 g/mol. The predicted octanol–water partition coefficient (Wildman–Crippen LogP) is 3.99. The Labute approximate surface area is 119 Å². The first-order chi connectivity index (χ1) is 9.15. The average molecular weight is 315 g/mol. The van der Waals surface area contributed by atoms with Gasteiger partial charge in [-0.1, -0.05) is 22.0 Å². The summed E-state index contributed by atoms with van der Waals surface area (Å²) >= 11 is 3.46. The number of halogens is 1. The van der Waals surface area contributed by atoms with Gasteiger partial charge in [-0.15, -0.1) is 0 Å². The van der Waals surface area contributed by atoms with Crippen molar-refractivity contribution in [2.24, 2.45) is 0 Å². The van der Waals surface area contributed by atoms with Crippen molar-refractivity contribution >= 4 is 32.7 Å². The fraction of sp³-hybridized carbons (Fsp3) is 0.0667. The molecule has 0 spiro atoms. The SMILES string of the molecule is CC(=O)c1ccc2ncn(-c3cccc(Br)c3)c2c1. The molecule has 0 amide bonds. The molecule has 2 aromatic carbocycles. The van der Waals surface area contributed by atoms with Gasteiger partial charge in [0.25, 0.3) is 0 Å². The Bertz CT molecular complexity index is 777. The molecule has 1 heterocycles. The topological polar surface area (TPSA) is 34.9 Å². The van der Waals surface area contributed by atoms with Crippen molar-refractivity contribution in [3.8, 4) is 5.69 Å².